The van der Waals surface area contributed by atoms with Crippen LogP contribution in [-0.4, -0.2) is 81.2 Å². The van der Waals surface area contributed by atoms with Crippen molar-refractivity contribution in [3.63, 3.8) is 0 Å². The first-order valence-corrected chi connectivity index (χ1v) is 10.3. The van der Waals surface area contributed by atoms with Crippen LogP contribution in [0.4, 0.5) is 5.82 Å². The van der Waals surface area contributed by atoms with Gasteiger partial charge >= 0.3 is 0 Å². The topological polar surface area (TPSA) is 79.1 Å². The van der Waals surface area contributed by atoms with Crippen LogP contribution < -0.4 is 9.64 Å². The van der Waals surface area contributed by atoms with Gasteiger partial charge in [-0.05, 0) is 13.0 Å². The highest BCUT2D eigenvalue weighted by Gasteiger charge is 2.25. The van der Waals surface area contributed by atoms with E-state index < -0.39 is 0 Å². The fourth-order valence-corrected chi connectivity index (χ4v) is 4.13. The third-order valence-electron chi connectivity index (χ3n) is 5.71. The Labute approximate surface area is 174 Å². The van der Waals surface area contributed by atoms with Gasteiger partial charge in [-0.1, -0.05) is 18.2 Å². The number of aromatic nitrogens is 4. The smallest absolute Gasteiger partial charge is 0.254 e. The molecule has 2 aliphatic heterocycles. The van der Waals surface area contributed by atoms with Gasteiger partial charge in [0, 0.05) is 56.6 Å². The molecule has 2 aliphatic rings. The van der Waals surface area contributed by atoms with E-state index in [0.29, 0.717) is 32.0 Å². The number of rotatable bonds is 3. The van der Waals surface area contributed by atoms with Gasteiger partial charge in [-0.25, -0.2) is 4.98 Å². The van der Waals surface area contributed by atoms with E-state index in [-0.39, 0.29) is 5.91 Å². The number of nitrogens with zero attached hydrogens (tertiary/aromatic N) is 7. The van der Waals surface area contributed by atoms with Crippen molar-refractivity contribution in [2.24, 2.45) is 0 Å². The van der Waals surface area contributed by atoms with E-state index >= 15 is 0 Å². The second kappa shape index (κ2) is 7.91. The number of hydrogen-bond donors (Lipinski definition) is 0. The second-order valence-electron chi connectivity index (χ2n) is 7.76. The first kappa shape index (κ1) is 18.8. The van der Waals surface area contributed by atoms with E-state index in [4.69, 9.17) is 4.74 Å². The normalized spacial score (nSPS) is 17.5. The summed E-state index contributed by atoms with van der Waals surface area (Å²) < 4.78 is 7.58. The van der Waals surface area contributed by atoms with Crippen molar-refractivity contribution in [1.82, 2.24) is 29.4 Å². The highest BCUT2D eigenvalue weighted by atomic mass is 16.5. The van der Waals surface area contributed by atoms with Gasteiger partial charge in [0.1, 0.15) is 24.5 Å². The number of fused-ring (bicyclic) bond motifs is 2. The van der Waals surface area contributed by atoms with E-state index in [1.165, 1.54) is 6.33 Å². The lowest BCUT2D eigenvalue weighted by Gasteiger charge is -2.36. The van der Waals surface area contributed by atoms with Crippen LogP contribution in [0.3, 0.4) is 0 Å². The molecule has 1 fully saturated rings. The Morgan fingerprint density at radius 2 is 1.97 bits per heavy atom. The van der Waals surface area contributed by atoms with Crippen LogP contribution in [-0.2, 0) is 11.3 Å². The average Bonchev–Trinajstić information content (AvgIpc) is 3.13. The minimum Gasteiger partial charge on any atom is -0.492 e. The van der Waals surface area contributed by atoms with Crippen molar-refractivity contribution < 1.29 is 9.53 Å². The molecule has 2 aromatic heterocycles. The Morgan fingerprint density at radius 1 is 1.13 bits per heavy atom. The minimum absolute atomic E-state index is 0.172. The molecular formula is C21H25N7O2. The molecule has 30 heavy (non-hydrogen) atoms. The summed E-state index contributed by atoms with van der Waals surface area (Å²) >= 11 is 0. The van der Waals surface area contributed by atoms with Crippen LogP contribution in [0.1, 0.15) is 11.3 Å². The summed E-state index contributed by atoms with van der Waals surface area (Å²) in [4.78, 5) is 27.9. The van der Waals surface area contributed by atoms with Crippen LogP contribution in [0.2, 0.25) is 0 Å². The number of hydrogen-bond acceptors (Lipinski definition) is 7. The van der Waals surface area contributed by atoms with Crippen molar-refractivity contribution in [3.8, 4) is 5.75 Å². The molecule has 5 rings (SSSR count). The predicted molar refractivity (Wildman–Crippen MR) is 112 cm³/mol. The quantitative estimate of drug-likeness (QED) is 0.640. The Hall–Kier alpha value is -3.20. The lowest BCUT2D eigenvalue weighted by atomic mass is 10.2. The summed E-state index contributed by atoms with van der Waals surface area (Å²) in [5, 5.41) is 4.30. The van der Waals surface area contributed by atoms with E-state index in [2.05, 4.69) is 30.9 Å². The van der Waals surface area contributed by atoms with Gasteiger partial charge in [-0.15, -0.1) is 0 Å². The van der Waals surface area contributed by atoms with E-state index in [9.17, 15) is 4.79 Å². The van der Waals surface area contributed by atoms with Crippen molar-refractivity contribution in [2.75, 3.05) is 50.8 Å². The highest BCUT2D eigenvalue weighted by molar-refractivity contribution is 5.78. The summed E-state index contributed by atoms with van der Waals surface area (Å²) in [6.07, 6.45) is 1.52. The van der Waals surface area contributed by atoms with Crippen molar-refractivity contribution in [2.45, 2.75) is 13.5 Å². The molecule has 3 aromatic rings. The average molecular weight is 407 g/mol. The van der Waals surface area contributed by atoms with Crippen LogP contribution in [0, 0.1) is 6.92 Å². The van der Waals surface area contributed by atoms with Crippen LogP contribution >= 0.6 is 0 Å². The number of benzene rings is 1. The molecule has 0 atom stereocenters. The number of ether oxygens (including phenoxy) is 1. The Bertz CT molecular complexity index is 1060. The van der Waals surface area contributed by atoms with E-state index in [0.717, 1.165) is 49.0 Å². The zero-order valence-electron chi connectivity index (χ0n) is 17.1. The van der Waals surface area contributed by atoms with E-state index in [1.54, 1.807) is 4.52 Å². The van der Waals surface area contributed by atoms with Gasteiger partial charge < -0.3 is 14.5 Å². The van der Waals surface area contributed by atoms with Crippen molar-refractivity contribution in [1.29, 1.82) is 0 Å². The summed E-state index contributed by atoms with van der Waals surface area (Å²) in [7, 11) is 0. The summed E-state index contributed by atoms with van der Waals surface area (Å²) in [6.45, 7) is 7.37. The number of anilines is 1. The SMILES string of the molecule is Cc1cc(N2CCN(C(=O)CN3CCOc4ccccc4C3)CC2)n2ncnc2n1. The van der Waals surface area contributed by atoms with E-state index in [1.807, 2.05) is 36.1 Å². The number of carbonyl (C=O) groups is 1. The van der Waals surface area contributed by atoms with Gasteiger partial charge in [0.05, 0.1) is 6.54 Å². The van der Waals surface area contributed by atoms with Crippen molar-refractivity contribution in [3.05, 3.63) is 47.9 Å². The Morgan fingerprint density at radius 3 is 2.83 bits per heavy atom. The maximum absolute atomic E-state index is 12.9. The lowest BCUT2D eigenvalue weighted by Crippen LogP contribution is -2.51. The lowest BCUT2D eigenvalue weighted by molar-refractivity contribution is -0.132. The molecule has 1 aromatic carbocycles. The number of para-hydroxylation sites is 1. The molecule has 0 aliphatic carbocycles. The van der Waals surface area contributed by atoms with Crippen LogP contribution in [0.15, 0.2) is 36.7 Å². The fraction of sp³-hybridized carbons (Fsp3) is 0.429. The fourth-order valence-electron chi connectivity index (χ4n) is 4.13. The molecule has 1 amide bonds. The molecule has 9 nitrogen and oxygen atoms in total. The number of aryl methyl sites for hydroxylation is 1. The van der Waals surface area contributed by atoms with Crippen molar-refractivity contribution >= 4 is 17.5 Å². The number of amides is 1. The molecule has 0 spiro atoms. The standard InChI is InChI=1S/C21H25N7O2/c1-16-12-19(28-21(24-16)22-15-23-28)26-6-8-27(9-7-26)20(29)14-25-10-11-30-18-5-3-2-4-17(18)13-25/h2-5,12,15H,6-11,13-14H2,1H3. The van der Waals surface area contributed by atoms with Gasteiger partial charge in [0.25, 0.3) is 5.78 Å². The zero-order chi connectivity index (χ0) is 20.5. The monoisotopic (exact) mass is 407 g/mol. The molecular weight excluding hydrogens is 382 g/mol. The molecule has 0 bridgehead atoms. The minimum atomic E-state index is 0.172. The largest absolute Gasteiger partial charge is 0.492 e. The zero-order valence-corrected chi connectivity index (χ0v) is 17.1. The number of piperazine rings is 1. The Balaban J connectivity index is 1.21. The summed E-state index contributed by atoms with van der Waals surface area (Å²) in [6, 6.07) is 10.1. The van der Waals surface area contributed by atoms with Gasteiger partial charge in [-0.3, -0.25) is 9.69 Å². The number of carbonyl (C=O) groups excluding carboxylic acids is 1. The molecule has 0 N–H and O–H groups in total. The van der Waals surface area contributed by atoms with Gasteiger partial charge in [0.2, 0.25) is 5.91 Å². The molecule has 0 unspecified atom stereocenters. The molecule has 0 saturated carbocycles. The van der Waals surface area contributed by atoms with Gasteiger partial charge in [-0.2, -0.15) is 14.6 Å². The predicted octanol–water partition coefficient (Wildman–Crippen LogP) is 0.976. The molecule has 156 valence electrons. The Kier molecular flexibility index (Phi) is 4.96. The molecule has 9 heteroatoms. The second-order valence-corrected chi connectivity index (χ2v) is 7.76. The third-order valence-corrected chi connectivity index (χ3v) is 5.71. The van der Waals surface area contributed by atoms with Crippen LogP contribution in [0.25, 0.3) is 5.78 Å². The molecule has 0 radical (unpaired) electrons. The first-order chi connectivity index (χ1) is 14.7. The molecule has 1 saturated heterocycles. The van der Waals surface area contributed by atoms with Crippen LogP contribution in [0.5, 0.6) is 5.75 Å². The maximum Gasteiger partial charge on any atom is 0.254 e. The molecule has 4 heterocycles. The summed E-state index contributed by atoms with van der Waals surface area (Å²) in [5.74, 6) is 2.68. The first-order valence-electron chi connectivity index (χ1n) is 10.3. The summed E-state index contributed by atoms with van der Waals surface area (Å²) in [5.41, 5.74) is 2.05. The highest BCUT2D eigenvalue weighted by Crippen LogP contribution is 2.23. The van der Waals surface area contributed by atoms with Gasteiger partial charge in [0.15, 0.2) is 0 Å². The maximum atomic E-state index is 12.9. The third kappa shape index (κ3) is 3.68.